The van der Waals surface area contributed by atoms with Crippen LogP contribution in [0.3, 0.4) is 0 Å². The van der Waals surface area contributed by atoms with Crippen LogP contribution in [-0.4, -0.2) is 0 Å². The van der Waals surface area contributed by atoms with Crippen molar-refractivity contribution >= 4 is 10.8 Å². The first-order chi connectivity index (χ1) is 15.4. The minimum atomic E-state index is -1.16. The molecule has 166 valence electrons. The molecule has 0 bridgehead atoms. The van der Waals surface area contributed by atoms with E-state index < -0.39 is 29.1 Å². The van der Waals surface area contributed by atoms with E-state index in [0.717, 1.165) is 43.9 Å². The monoisotopic (exact) mass is 442 g/mol. The maximum absolute atomic E-state index is 14.8. The van der Waals surface area contributed by atoms with Crippen molar-refractivity contribution < 1.29 is 22.0 Å². The van der Waals surface area contributed by atoms with Gasteiger partial charge in [-0.05, 0) is 78.6 Å². The van der Waals surface area contributed by atoms with E-state index in [1.54, 1.807) is 12.1 Å². The largest absolute Gasteiger partial charge is 0.207 e. The Morgan fingerprint density at radius 2 is 1.44 bits per heavy atom. The van der Waals surface area contributed by atoms with Crippen molar-refractivity contribution in [1.82, 2.24) is 0 Å². The summed E-state index contributed by atoms with van der Waals surface area (Å²) in [7, 11) is 0. The molecule has 0 amide bonds. The normalized spacial score (nSPS) is 18.4. The molecular weight excluding hydrogens is 419 g/mol. The summed E-state index contributed by atoms with van der Waals surface area (Å²) in [4.78, 5) is 0. The van der Waals surface area contributed by atoms with Gasteiger partial charge in [0.2, 0.25) is 0 Å². The highest BCUT2D eigenvalue weighted by Gasteiger charge is 2.29. The maximum atomic E-state index is 14.8. The Balaban J connectivity index is 1.61. The second kappa shape index (κ2) is 9.32. The Bertz CT molecular complexity index is 1210. The second-order valence-electron chi connectivity index (χ2n) is 8.53. The average Bonchev–Trinajstić information content (AvgIpc) is 2.77. The molecule has 32 heavy (non-hydrogen) atoms. The fraction of sp³-hybridized carbons (Fsp3) is 0.333. The van der Waals surface area contributed by atoms with Gasteiger partial charge in [-0.25, -0.2) is 22.0 Å². The molecule has 0 heterocycles. The first kappa shape index (κ1) is 22.3. The van der Waals surface area contributed by atoms with Gasteiger partial charge in [-0.2, -0.15) is 0 Å². The van der Waals surface area contributed by atoms with Crippen molar-refractivity contribution in [3.8, 4) is 11.8 Å². The van der Waals surface area contributed by atoms with Gasteiger partial charge in [-0.3, -0.25) is 0 Å². The molecule has 0 saturated heterocycles. The molecule has 3 aromatic rings. The van der Waals surface area contributed by atoms with Crippen molar-refractivity contribution in [2.24, 2.45) is 5.92 Å². The molecule has 0 unspecified atom stereocenters. The van der Waals surface area contributed by atoms with Gasteiger partial charge in [0.05, 0.1) is 5.56 Å². The smallest absolute Gasteiger partial charge is 0.174 e. The average molecular weight is 442 g/mol. The first-order valence-electron chi connectivity index (χ1n) is 11.0. The Morgan fingerprint density at radius 3 is 2.12 bits per heavy atom. The summed E-state index contributed by atoms with van der Waals surface area (Å²) in [5.41, 5.74) is -0.151. The minimum absolute atomic E-state index is 0.175. The van der Waals surface area contributed by atoms with Crippen LogP contribution < -0.4 is 0 Å². The number of halogens is 5. The summed E-state index contributed by atoms with van der Waals surface area (Å²) in [6.07, 6.45) is 5.29. The topological polar surface area (TPSA) is 0 Å². The lowest BCUT2D eigenvalue weighted by Crippen LogP contribution is -2.16. The van der Waals surface area contributed by atoms with Crippen LogP contribution in [0.4, 0.5) is 22.0 Å². The molecule has 0 aliphatic heterocycles. The van der Waals surface area contributed by atoms with Gasteiger partial charge in [-0.1, -0.05) is 37.7 Å². The Hall–Kier alpha value is -2.87. The minimum Gasteiger partial charge on any atom is -0.207 e. The molecule has 1 aliphatic rings. The zero-order chi connectivity index (χ0) is 22.8. The molecule has 1 aliphatic carbocycles. The summed E-state index contributed by atoms with van der Waals surface area (Å²) in [6.45, 7) is 2.12. The Kier molecular flexibility index (Phi) is 6.50. The van der Waals surface area contributed by atoms with Crippen LogP contribution in [0.25, 0.3) is 10.8 Å². The molecule has 0 atom stereocenters. The van der Waals surface area contributed by atoms with Gasteiger partial charge in [0.1, 0.15) is 5.82 Å². The van der Waals surface area contributed by atoms with Crippen molar-refractivity contribution in [3.63, 3.8) is 0 Å². The quantitative estimate of drug-likeness (QED) is 0.219. The Labute approximate surface area is 184 Å². The van der Waals surface area contributed by atoms with Crippen LogP contribution in [-0.2, 0) is 0 Å². The second-order valence-corrected chi connectivity index (χ2v) is 8.53. The number of benzene rings is 3. The van der Waals surface area contributed by atoms with Crippen LogP contribution in [0.1, 0.15) is 68.1 Å². The van der Waals surface area contributed by atoms with Gasteiger partial charge in [0.25, 0.3) is 0 Å². The lowest BCUT2D eigenvalue weighted by molar-refractivity contribution is 0.298. The molecule has 5 heteroatoms. The van der Waals surface area contributed by atoms with Crippen molar-refractivity contribution in [2.45, 2.75) is 51.4 Å². The van der Waals surface area contributed by atoms with Crippen LogP contribution in [0.15, 0.2) is 36.4 Å². The van der Waals surface area contributed by atoms with Gasteiger partial charge in [0, 0.05) is 11.1 Å². The van der Waals surface area contributed by atoms with Crippen LogP contribution in [0.2, 0.25) is 0 Å². The van der Waals surface area contributed by atoms with Crippen molar-refractivity contribution in [1.29, 1.82) is 0 Å². The third kappa shape index (κ3) is 4.50. The van der Waals surface area contributed by atoms with Crippen LogP contribution in [0, 0.1) is 46.8 Å². The summed E-state index contributed by atoms with van der Waals surface area (Å²) in [5.74, 6) is 0.358. The summed E-state index contributed by atoms with van der Waals surface area (Å²) < 4.78 is 71.1. The molecule has 0 aromatic heterocycles. The van der Waals surface area contributed by atoms with E-state index in [9.17, 15) is 22.0 Å². The highest BCUT2D eigenvalue weighted by molar-refractivity contribution is 5.84. The lowest BCUT2D eigenvalue weighted by atomic mass is 9.77. The summed E-state index contributed by atoms with van der Waals surface area (Å²) >= 11 is 0. The van der Waals surface area contributed by atoms with E-state index >= 15 is 0 Å². The molecule has 0 N–H and O–H groups in total. The number of hydrogen-bond donors (Lipinski definition) is 0. The molecule has 0 radical (unpaired) electrons. The third-order valence-electron chi connectivity index (χ3n) is 6.37. The molecule has 0 nitrogen and oxygen atoms in total. The number of hydrogen-bond acceptors (Lipinski definition) is 0. The third-order valence-corrected chi connectivity index (χ3v) is 6.37. The standard InChI is InChI=1S/C27H23F5/c1-2-3-16-4-8-18(9-5-16)25-24(30)14-20(26(31)27(25)32)11-7-17-6-10-19-13-22(28)23(29)15-21(19)12-17/h6,10,12-16,18H,2-5,8-9H2,1H3. The van der Waals surface area contributed by atoms with E-state index in [1.165, 1.54) is 6.07 Å². The first-order valence-corrected chi connectivity index (χ1v) is 11.0. The van der Waals surface area contributed by atoms with Gasteiger partial charge >= 0.3 is 0 Å². The van der Waals surface area contributed by atoms with E-state index in [0.29, 0.717) is 35.1 Å². The molecule has 4 rings (SSSR count). The molecule has 3 aromatic carbocycles. The SMILES string of the molecule is CCCC1CCC(c2c(F)cc(C#Cc3ccc4cc(F)c(F)cc4c3)c(F)c2F)CC1. The van der Waals surface area contributed by atoms with E-state index in [1.807, 2.05) is 0 Å². The Morgan fingerprint density at radius 1 is 0.750 bits per heavy atom. The zero-order valence-electron chi connectivity index (χ0n) is 17.8. The maximum Gasteiger partial charge on any atom is 0.174 e. The van der Waals surface area contributed by atoms with Crippen molar-refractivity contribution in [3.05, 3.63) is 82.2 Å². The fourth-order valence-electron chi connectivity index (χ4n) is 4.68. The highest BCUT2D eigenvalue weighted by atomic mass is 19.2. The highest BCUT2D eigenvalue weighted by Crippen LogP contribution is 2.40. The molecule has 0 spiro atoms. The number of rotatable bonds is 3. The van der Waals surface area contributed by atoms with E-state index in [4.69, 9.17) is 0 Å². The molecule has 1 saturated carbocycles. The van der Waals surface area contributed by atoms with Gasteiger partial charge in [0.15, 0.2) is 23.3 Å². The van der Waals surface area contributed by atoms with E-state index in [-0.39, 0.29) is 17.0 Å². The molecule has 1 fully saturated rings. The van der Waals surface area contributed by atoms with Crippen molar-refractivity contribution in [2.75, 3.05) is 0 Å². The summed E-state index contributed by atoms with van der Waals surface area (Å²) in [6, 6.07) is 7.69. The zero-order valence-corrected chi connectivity index (χ0v) is 17.8. The molecular formula is C27H23F5. The van der Waals surface area contributed by atoms with E-state index in [2.05, 4.69) is 18.8 Å². The van der Waals surface area contributed by atoms with Crippen LogP contribution in [0.5, 0.6) is 0 Å². The predicted molar refractivity (Wildman–Crippen MR) is 116 cm³/mol. The summed E-state index contributed by atoms with van der Waals surface area (Å²) in [5, 5.41) is 0.901. The predicted octanol–water partition coefficient (Wildman–Crippen LogP) is 8.01. The van der Waals surface area contributed by atoms with Gasteiger partial charge < -0.3 is 0 Å². The van der Waals surface area contributed by atoms with Crippen LogP contribution >= 0.6 is 0 Å². The number of fused-ring (bicyclic) bond motifs is 1. The lowest BCUT2D eigenvalue weighted by Gasteiger charge is -2.29. The van der Waals surface area contributed by atoms with Gasteiger partial charge in [-0.15, -0.1) is 0 Å². The fourth-order valence-corrected chi connectivity index (χ4v) is 4.68.